The minimum absolute atomic E-state index is 0.331. The standard InChI is InChI=1S/C30H32N4O/c1-20(2)34-15-7-6-10-27(28-29(31)32-19-33-30(28)34)24-12-11-23-17-26(14-13-22(23)16-24)35-18-25-9-5-4-8-21(25)3/h4-5,8-14,16-17,19-20H,6-7,15,18H2,1-3H3,(H2,31,32,33). The fourth-order valence-corrected chi connectivity index (χ4v) is 4.76. The van der Waals surface area contributed by atoms with Crippen LogP contribution in [0.25, 0.3) is 16.3 Å². The molecule has 0 unspecified atom stereocenters. The van der Waals surface area contributed by atoms with Gasteiger partial charge < -0.3 is 15.4 Å². The molecule has 178 valence electrons. The Kier molecular flexibility index (Phi) is 6.41. The molecule has 2 N–H and O–H groups in total. The average Bonchev–Trinajstić information content (AvgIpc) is 2.84. The molecule has 0 spiro atoms. The lowest BCUT2D eigenvalue weighted by Gasteiger charge is -2.31. The van der Waals surface area contributed by atoms with E-state index in [1.54, 1.807) is 6.33 Å². The van der Waals surface area contributed by atoms with Crippen LogP contribution in [0.15, 0.2) is 73.1 Å². The number of allylic oxidation sites excluding steroid dienone is 1. The smallest absolute Gasteiger partial charge is 0.142 e. The molecule has 0 saturated heterocycles. The number of anilines is 2. The molecule has 0 atom stereocenters. The molecule has 0 aliphatic carbocycles. The molecule has 0 fully saturated rings. The van der Waals surface area contributed by atoms with E-state index in [1.165, 1.54) is 11.1 Å². The van der Waals surface area contributed by atoms with E-state index in [2.05, 4.69) is 90.2 Å². The minimum Gasteiger partial charge on any atom is -0.489 e. The number of nitrogens with two attached hydrogens (primary N) is 1. The van der Waals surface area contributed by atoms with Gasteiger partial charge in [-0.1, -0.05) is 48.5 Å². The highest BCUT2D eigenvalue weighted by molar-refractivity contribution is 5.94. The summed E-state index contributed by atoms with van der Waals surface area (Å²) in [4.78, 5) is 11.3. The van der Waals surface area contributed by atoms with Crippen LogP contribution in [0.2, 0.25) is 0 Å². The summed E-state index contributed by atoms with van der Waals surface area (Å²) in [5.74, 6) is 2.31. The number of hydrogen-bond acceptors (Lipinski definition) is 5. The number of benzene rings is 3. The first-order valence-electron chi connectivity index (χ1n) is 12.3. The highest BCUT2D eigenvalue weighted by Crippen LogP contribution is 2.37. The number of hydrogen-bond donors (Lipinski definition) is 1. The Bertz CT molecular complexity index is 1390. The summed E-state index contributed by atoms with van der Waals surface area (Å²) >= 11 is 0. The SMILES string of the molecule is Cc1ccccc1COc1ccc2cc(C3=CCCCN(C(C)C)c4ncnc(N)c43)ccc2c1. The van der Waals surface area contributed by atoms with Crippen molar-refractivity contribution in [1.29, 1.82) is 0 Å². The normalized spacial score (nSPS) is 13.8. The van der Waals surface area contributed by atoms with Gasteiger partial charge in [0.1, 0.15) is 30.3 Å². The van der Waals surface area contributed by atoms with Crippen LogP contribution < -0.4 is 15.4 Å². The topological polar surface area (TPSA) is 64.3 Å². The number of rotatable bonds is 5. The Balaban J connectivity index is 1.48. The van der Waals surface area contributed by atoms with Crippen LogP contribution in [0.4, 0.5) is 11.6 Å². The molecular weight excluding hydrogens is 432 g/mol. The van der Waals surface area contributed by atoms with Crippen LogP contribution in [-0.4, -0.2) is 22.6 Å². The van der Waals surface area contributed by atoms with E-state index in [0.717, 1.165) is 58.4 Å². The van der Waals surface area contributed by atoms with Crippen LogP contribution in [0.5, 0.6) is 5.75 Å². The molecule has 4 aromatic rings. The summed E-state index contributed by atoms with van der Waals surface area (Å²) in [6.07, 6.45) is 5.91. The van der Waals surface area contributed by atoms with E-state index in [-0.39, 0.29) is 0 Å². The van der Waals surface area contributed by atoms with Crippen molar-refractivity contribution in [2.75, 3.05) is 17.2 Å². The first-order chi connectivity index (χ1) is 17.0. The van der Waals surface area contributed by atoms with Crippen LogP contribution >= 0.6 is 0 Å². The number of nitrogens with zero attached hydrogens (tertiary/aromatic N) is 3. The molecule has 0 amide bonds. The Morgan fingerprint density at radius 3 is 2.63 bits per heavy atom. The molecule has 0 bridgehead atoms. The van der Waals surface area contributed by atoms with Crippen molar-refractivity contribution in [1.82, 2.24) is 9.97 Å². The summed E-state index contributed by atoms with van der Waals surface area (Å²) in [6, 6.07) is 21.5. The molecule has 0 saturated carbocycles. The van der Waals surface area contributed by atoms with Gasteiger partial charge in [-0.15, -0.1) is 0 Å². The molecule has 5 nitrogen and oxygen atoms in total. The van der Waals surface area contributed by atoms with Crippen LogP contribution in [-0.2, 0) is 6.61 Å². The lowest BCUT2D eigenvalue weighted by molar-refractivity contribution is 0.306. The Labute approximate surface area is 207 Å². The van der Waals surface area contributed by atoms with Gasteiger partial charge in [0.2, 0.25) is 0 Å². The van der Waals surface area contributed by atoms with E-state index in [0.29, 0.717) is 18.5 Å². The Hall–Kier alpha value is -3.86. The molecule has 3 aromatic carbocycles. The summed E-state index contributed by atoms with van der Waals surface area (Å²) in [5, 5.41) is 2.30. The van der Waals surface area contributed by atoms with Gasteiger partial charge in [-0.2, -0.15) is 0 Å². The van der Waals surface area contributed by atoms with Crippen LogP contribution in [0.1, 0.15) is 48.9 Å². The predicted molar refractivity (Wildman–Crippen MR) is 145 cm³/mol. The van der Waals surface area contributed by atoms with E-state index >= 15 is 0 Å². The zero-order chi connectivity index (χ0) is 24.4. The maximum absolute atomic E-state index is 6.44. The highest BCUT2D eigenvalue weighted by Gasteiger charge is 2.23. The van der Waals surface area contributed by atoms with Gasteiger partial charge in [0, 0.05) is 12.6 Å². The van der Waals surface area contributed by atoms with Crippen molar-refractivity contribution < 1.29 is 4.74 Å². The lowest BCUT2D eigenvalue weighted by Crippen LogP contribution is -2.34. The molecule has 1 aliphatic rings. The highest BCUT2D eigenvalue weighted by atomic mass is 16.5. The van der Waals surface area contributed by atoms with Crippen molar-refractivity contribution in [3.8, 4) is 5.75 Å². The first kappa shape index (κ1) is 22.9. The maximum atomic E-state index is 6.44. The van der Waals surface area contributed by atoms with Gasteiger partial charge in [-0.05, 0) is 84.8 Å². The predicted octanol–water partition coefficient (Wildman–Crippen LogP) is 6.54. The Morgan fingerprint density at radius 1 is 1.00 bits per heavy atom. The molecule has 0 radical (unpaired) electrons. The molecule has 2 heterocycles. The van der Waals surface area contributed by atoms with Crippen molar-refractivity contribution in [2.24, 2.45) is 0 Å². The second-order valence-corrected chi connectivity index (χ2v) is 9.44. The third-order valence-electron chi connectivity index (χ3n) is 6.75. The van der Waals surface area contributed by atoms with Gasteiger partial charge in [-0.3, -0.25) is 0 Å². The van der Waals surface area contributed by atoms with Gasteiger partial charge in [0.15, 0.2) is 0 Å². The van der Waals surface area contributed by atoms with Crippen molar-refractivity contribution in [3.63, 3.8) is 0 Å². The van der Waals surface area contributed by atoms with Gasteiger partial charge in [0.25, 0.3) is 0 Å². The minimum atomic E-state index is 0.331. The van der Waals surface area contributed by atoms with Gasteiger partial charge in [-0.25, -0.2) is 9.97 Å². The summed E-state index contributed by atoms with van der Waals surface area (Å²) < 4.78 is 6.10. The quantitative estimate of drug-likeness (QED) is 0.363. The summed E-state index contributed by atoms with van der Waals surface area (Å²) in [6.45, 7) is 8.02. The van der Waals surface area contributed by atoms with Crippen LogP contribution in [0.3, 0.4) is 0 Å². The number of ether oxygens (including phenoxy) is 1. The molecule has 1 aromatic heterocycles. The third-order valence-corrected chi connectivity index (χ3v) is 6.75. The lowest BCUT2D eigenvalue weighted by atomic mass is 9.93. The zero-order valence-corrected chi connectivity index (χ0v) is 20.7. The zero-order valence-electron chi connectivity index (χ0n) is 20.7. The van der Waals surface area contributed by atoms with E-state index in [9.17, 15) is 0 Å². The Morgan fingerprint density at radius 2 is 1.80 bits per heavy atom. The largest absolute Gasteiger partial charge is 0.489 e. The summed E-state index contributed by atoms with van der Waals surface area (Å²) in [5.41, 5.74) is 12.0. The van der Waals surface area contributed by atoms with Gasteiger partial charge >= 0.3 is 0 Å². The van der Waals surface area contributed by atoms with E-state index < -0.39 is 0 Å². The molecule has 35 heavy (non-hydrogen) atoms. The van der Waals surface area contributed by atoms with Crippen molar-refractivity contribution >= 4 is 28.0 Å². The number of nitrogen functional groups attached to an aromatic ring is 1. The molecule has 5 heteroatoms. The fraction of sp³-hybridized carbons (Fsp3) is 0.267. The van der Waals surface area contributed by atoms with E-state index in [4.69, 9.17) is 10.5 Å². The van der Waals surface area contributed by atoms with E-state index in [1.807, 2.05) is 12.1 Å². The van der Waals surface area contributed by atoms with Crippen molar-refractivity contribution in [3.05, 3.63) is 95.3 Å². The molecule has 1 aliphatic heterocycles. The van der Waals surface area contributed by atoms with Crippen molar-refractivity contribution in [2.45, 2.75) is 46.3 Å². The molecular formula is C30H32N4O. The van der Waals surface area contributed by atoms with Gasteiger partial charge in [0.05, 0.1) is 5.56 Å². The molecule has 5 rings (SSSR count). The second kappa shape index (κ2) is 9.79. The average molecular weight is 465 g/mol. The maximum Gasteiger partial charge on any atom is 0.142 e. The number of aryl methyl sites for hydroxylation is 1. The monoisotopic (exact) mass is 464 g/mol. The number of fused-ring (bicyclic) bond motifs is 2. The third kappa shape index (κ3) is 4.72. The van der Waals surface area contributed by atoms with Crippen LogP contribution in [0, 0.1) is 6.92 Å². The number of aromatic nitrogens is 2. The summed E-state index contributed by atoms with van der Waals surface area (Å²) in [7, 11) is 0. The first-order valence-corrected chi connectivity index (χ1v) is 12.3. The fourth-order valence-electron chi connectivity index (χ4n) is 4.76. The second-order valence-electron chi connectivity index (χ2n) is 9.44.